The second-order valence-electron chi connectivity index (χ2n) is 7.97. The largest absolute Gasteiger partial charge is 0.416 e. The Hall–Kier alpha value is -2.91. The van der Waals surface area contributed by atoms with Crippen LogP contribution < -0.4 is 16.0 Å². The highest BCUT2D eigenvalue weighted by atomic mass is 19.4. The fraction of sp³-hybridized carbons (Fsp3) is 0.417. The molecule has 0 aliphatic heterocycles. The zero-order valence-electron chi connectivity index (χ0n) is 18.9. The van der Waals surface area contributed by atoms with E-state index in [1.165, 1.54) is 6.07 Å². The van der Waals surface area contributed by atoms with Crippen molar-refractivity contribution >= 4 is 11.8 Å². The SMILES string of the molecule is CC[C@@H](O)[C@@H](CNCc1ccc(C)cc1C)NC(=O)CNC(=O)c1cccc(C(F)(F)F)c1. The van der Waals surface area contributed by atoms with Crippen molar-refractivity contribution in [1.82, 2.24) is 16.0 Å². The van der Waals surface area contributed by atoms with Gasteiger partial charge in [-0.05, 0) is 49.6 Å². The van der Waals surface area contributed by atoms with Crippen molar-refractivity contribution in [3.63, 3.8) is 0 Å². The molecule has 0 aliphatic carbocycles. The summed E-state index contributed by atoms with van der Waals surface area (Å²) in [5.74, 6) is -1.35. The molecule has 0 spiro atoms. The third kappa shape index (κ3) is 8.18. The molecule has 0 bridgehead atoms. The van der Waals surface area contributed by atoms with Crippen molar-refractivity contribution in [2.24, 2.45) is 0 Å². The number of nitrogens with one attached hydrogen (secondary N) is 3. The molecule has 4 N–H and O–H groups in total. The van der Waals surface area contributed by atoms with Gasteiger partial charge in [-0.2, -0.15) is 13.2 Å². The van der Waals surface area contributed by atoms with Crippen LogP contribution in [-0.2, 0) is 17.5 Å². The minimum atomic E-state index is -4.57. The first-order chi connectivity index (χ1) is 15.5. The normalized spacial score (nSPS) is 13.3. The smallest absolute Gasteiger partial charge is 0.391 e. The Morgan fingerprint density at radius 3 is 2.45 bits per heavy atom. The first kappa shape index (κ1) is 26.3. The molecular formula is C24H30F3N3O3. The Morgan fingerprint density at radius 1 is 1.09 bits per heavy atom. The van der Waals surface area contributed by atoms with E-state index in [0.29, 0.717) is 19.5 Å². The van der Waals surface area contributed by atoms with E-state index in [1.54, 1.807) is 6.92 Å². The Kier molecular flexibility index (Phi) is 9.43. The summed E-state index contributed by atoms with van der Waals surface area (Å²) in [7, 11) is 0. The van der Waals surface area contributed by atoms with Gasteiger partial charge in [-0.15, -0.1) is 0 Å². The number of aryl methyl sites for hydroxylation is 2. The monoisotopic (exact) mass is 465 g/mol. The Labute approximate surface area is 191 Å². The van der Waals surface area contributed by atoms with Crippen LogP contribution in [0.4, 0.5) is 13.2 Å². The van der Waals surface area contributed by atoms with Crippen molar-refractivity contribution in [2.75, 3.05) is 13.1 Å². The van der Waals surface area contributed by atoms with Crippen LogP contribution in [0.25, 0.3) is 0 Å². The molecule has 2 rings (SSSR count). The highest BCUT2D eigenvalue weighted by molar-refractivity contribution is 5.96. The van der Waals surface area contributed by atoms with Crippen LogP contribution in [0.3, 0.4) is 0 Å². The molecule has 180 valence electrons. The molecule has 2 aromatic rings. The van der Waals surface area contributed by atoms with Gasteiger partial charge in [0, 0.05) is 18.7 Å². The minimum Gasteiger partial charge on any atom is -0.391 e. The van der Waals surface area contributed by atoms with Crippen LogP contribution >= 0.6 is 0 Å². The van der Waals surface area contributed by atoms with E-state index in [0.717, 1.165) is 34.9 Å². The van der Waals surface area contributed by atoms with Crippen molar-refractivity contribution in [3.8, 4) is 0 Å². The summed E-state index contributed by atoms with van der Waals surface area (Å²) >= 11 is 0. The molecule has 0 fully saturated rings. The van der Waals surface area contributed by atoms with Crippen LogP contribution in [0.1, 0.15) is 46.0 Å². The van der Waals surface area contributed by atoms with Crippen molar-refractivity contribution in [3.05, 3.63) is 70.3 Å². The molecule has 0 aromatic heterocycles. The van der Waals surface area contributed by atoms with E-state index in [1.807, 2.05) is 26.0 Å². The molecule has 2 aromatic carbocycles. The molecule has 0 radical (unpaired) electrons. The lowest BCUT2D eigenvalue weighted by atomic mass is 10.1. The predicted octanol–water partition coefficient (Wildman–Crippen LogP) is 3.10. The van der Waals surface area contributed by atoms with E-state index in [2.05, 4.69) is 22.0 Å². The van der Waals surface area contributed by atoms with E-state index in [-0.39, 0.29) is 5.56 Å². The summed E-state index contributed by atoms with van der Waals surface area (Å²) in [5.41, 5.74) is 2.26. The highest BCUT2D eigenvalue weighted by Gasteiger charge is 2.31. The zero-order chi connectivity index (χ0) is 24.6. The fourth-order valence-electron chi connectivity index (χ4n) is 3.33. The number of alkyl halides is 3. The Balaban J connectivity index is 1.89. The zero-order valence-corrected chi connectivity index (χ0v) is 18.9. The maximum absolute atomic E-state index is 12.8. The number of hydrogen-bond acceptors (Lipinski definition) is 4. The molecule has 0 aliphatic rings. The Bertz CT molecular complexity index is 963. The summed E-state index contributed by atoms with van der Waals surface area (Å²) in [6.07, 6.45) is -4.96. The number of aliphatic hydroxyl groups excluding tert-OH is 1. The van der Waals surface area contributed by atoms with E-state index >= 15 is 0 Å². The third-order valence-electron chi connectivity index (χ3n) is 5.27. The van der Waals surface area contributed by atoms with Crippen LogP contribution in [0, 0.1) is 13.8 Å². The lowest BCUT2D eigenvalue weighted by molar-refractivity contribution is -0.137. The van der Waals surface area contributed by atoms with Crippen LogP contribution in [0.5, 0.6) is 0 Å². The number of carbonyl (C=O) groups excluding carboxylic acids is 2. The van der Waals surface area contributed by atoms with Gasteiger partial charge in [0.15, 0.2) is 0 Å². The average Bonchev–Trinajstić information content (AvgIpc) is 2.77. The molecule has 2 atom stereocenters. The molecule has 2 amide bonds. The van der Waals surface area contributed by atoms with Crippen molar-refractivity contribution in [2.45, 2.75) is 52.1 Å². The van der Waals surface area contributed by atoms with Gasteiger partial charge in [0.1, 0.15) is 0 Å². The minimum absolute atomic E-state index is 0.196. The third-order valence-corrected chi connectivity index (χ3v) is 5.27. The first-order valence-electron chi connectivity index (χ1n) is 10.7. The average molecular weight is 466 g/mol. The number of rotatable bonds is 10. The number of aliphatic hydroxyl groups is 1. The number of amides is 2. The number of hydrogen-bond donors (Lipinski definition) is 4. The number of carbonyl (C=O) groups is 2. The molecule has 9 heteroatoms. The second kappa shape index (κ2) is 11.8. The molecule has 0 saturated carbocycles. The van der Waals surface area contributed by atoms with Crippen LogP contribution in [-0.4, -0.2) is 42.2 Å². The van der Waals surface area contributed by atoms with Gasteiger partial charge in [0.05, 0.1) is 24.3 Å². The van der Waals surface area contributed by atoms with Gasteiger partial charge < -0.3 is 21.1 Å². The second-order valence-corrected chi connectivity index (χ2v) is 7.97. The highest BCUT2D eigenvalue weighted by Crippen LogP contribution is 2.29. The number of benzene rings is 2. The standard InChI is InChI=1S/C24H30F3N3O3/c1-4-21(31)20(13-28-12-18-9-8-15(2)10-16(18)3)30-22(32)14-29-23(33)17-6-5-7-19(11-17)24(25,26)27/h5-11,20-21,28,31H,4,12-14H2,1-3H3,(H,29,33)(H,30,32)/t20-,21-/m1/s1. The van der Waals surface area contributed by atoms with Gasteiger partial charge >= 0.3 is 6.18 Å². The topological polar surface area (TPSA) is 90.5 Å². The summed E-state index contributed by atoms with van der Waals surface area (Å²) < 4.78 is 38.5. The lowest BCUT2D eigenvalue weighted by Crippen LogP contribution is -2.51. The molecule has 0 heterocycles. The van der Waals surface area contributed by atoms with Crippen molar-refractivity contribution in [1.29, 1.82) is 0 Å². The lowest BCUT2D eigenvalue weighted by Gasteiger charge is -2.24. The van der Waals surface area contributed by atoms with E-state index in [9.17, 15) is 27.9 Å². The molecule has 6 nitrogen and oxygen atoms in total. The van der Waals surface area contributed by atoms with Gasteiger partial charge in [0.25, 0.3) is 5.91 Å². The summed E-state index contributed by atoms with van der Waals surface area (Å²) in [6, 6.07) is 9.47. The summed E-state index contributed by atoms with van der Waals surface area (Å²) in [6.45, 7) is 6.23. The van der Waals surface area contributed by atoms with Gasteiger partial charge in [-0.1, -0.05) is 36.8 Å². The first-order valence-corrected chi connectivity index (χ1v) is 10.7. The molecular weight excluding hydrogens is 435 g/mol. The van der Waals surface area contributed by atoms with E-state index < -0.39 is 42.2 Å². The number of halogens is 3. The van der Waals surface area contributed by atoms with Gasteiger partial charge in [-0.25, -0.2) is 0 Å². The molecule has 0 saturated heterocycles. The molecule has 0 unspecified atom stereocenters. The van der Waals surface area contributed by atoms with E-state index in [4.69, 9.17) is 0 Å². The van der Waals surface area contributed by atoms with Crippen LogP contribution in [0.15, 0.2) is 42.5 Å². The predicted molar refractivity (Wildman–Crippen MR) is 120 cm³/mol. The maximum Gasteiger partial charge on any atom is 0.416 e. The van der Waals surface area contributed by atoms with Gasteiger partial charge in [-0.3, -0.25) is 9.59 Å². The van der Waals surface area contributed by atoms with Crippen molar-refractivity contribution < 1.29 is 27.9 Å². The molecule has 33 heavy (non-hydrogen) atoms. The van der Waals surface area contributed by atoms with Gasteiger partial charge in [0.2, 0.25) is 5.91 Å². The summed E-state index contributed by atoms with van der Waals surface area (Å²) in [5, 5.41) is 18.5. The quantitative estimate of drug-likeness (QED) is 0.434. The van der Waals surface area contributed by atoms with Crippen LogP contribution in [0.2, 0.25) is 0 Å². The Morgan fingerprint density at radius 2 is 1.82 bits per heavy atom. The fourth-order valence-corrected chi connectivity index (χ4v) is 3.33. The maximum atomic E-state index is 12.8. The summed E-state index contributed by atoms with van der Waals surface area (Å²) in [4.78, 5) is 24.5.